The number of amides is 1. The molecule has 11 heteroatoms. The van der Waals surface area contributed by atoms with Crippen molar-refractivity contribution in [1.29, 1.82) is 0 Å². The zero-order valence-electron chi connectivity index (χ0n) is 15.9. The molecule has 0 radical (unpaired) electrons. The van der Waals surface area contributed by atoms with Crippen molar-refractivity contribution >= 4 is 28.7 Å². The number of aromatic nitrogens is 4. The molecule has 152 valence electrons. The van der Waals surface area contributed by atoms with Gasteiger partial charge in [0.25, 0.3) is 11.5 Å². The van der Waals surface area contributed by atoms with Crippen LogP contribution in [0.3, 0.4) is 0 Å². The van der Waals surface area contributed by atoms with Gasteiger partial charge in [-0.2, -0.15) is 0 Å². The number of hydrogen-bond acceptors (Lipinski definition) is 6. The highest BCUT2D eigenvalue weighted by atomic mass is 19.1. The lowest BCUT2D eigenvalue weighted by atomic mass is 10.3. The van der Waals surface area contributed by atoms with Crippen LogP contribution >= 0.6 is 0 Å². The van der Waals surface area contributed by atoms with Gasteiger partial charge in [0.05, 0.1) is 6.33 Å². The van der Waals surface area contributed by atoms with Gasteiger partial charge in [-0.05, 0) is 31.2 Å². The molecule has 0 unspecified atom stereocenters. The third-order valence-corrected chi connectivity index (χ3v) is 4.31. The van der Waals surface area contributed by atoms with Gasteiger partial charge in [-0.15, -0.1) is 0 Å². The summed E-state index contributed by atoms with van der Waals surface area (Å²) in [5, 5.41) is 2.50. The maximum atomic E-state index is 12.9. The van der Waals surface area contributed by atoms with Crippen LogP contribution < -0.4 is 16.6 Å². The molecule has 0 saturated carbocycles. The maximum absolute atomic E-state index is 12.9. The van der Waals surface area contributed by atoms with Crippen LogP contribution in [0.5, 0.6) is 0 Å². The van der Waals surface area contributed by atoms with E-state index in [1.54, 1.807) is 0 Å². The van der Waals surface area contributed by atoms with Crippen molar-refractivity contribution in [3.05, 3.63) is 57.2 Å². The van der Waals surface area contributed by atoms with Gasteiger partial charge in [0.15, 0.2) is 17.3 Å². The second kappa shape index (κ2) is 7.70. The van der Waals surface area contributed by atoms with Gasteiger partial charge in [0.2, 0.25) is 0 Å². The SMILES string of the molecule is C[C@H](OC(=O)Cn1cnc2c1c(=O)n(C)c(=O)n2C)C(=O)Nc1ccc(F)cc1. The third-order valence-electron chi connectivity index (χ3n) is 4.31. The van der Waals surface area contributed by atoms with Crippen LogP contribution in [0.15, 0.2) is 40.2 Å². The Hall–Kier alpha value is -3.76. The topological polar surface area (TPSA) is 117 Å². The fourth-order valence-corrected chi connectivity index (χ4v) is 2.72. The van der Waals surface area contributed by atoms with E-state index >= 15 is 0 Å². The molecule has 29 heavy (non-hydrogen) atoms. The standard InChI is InChI=1S/C18H18FN5O5/c1-10(16(26)21-12-6-4-11(19)5-7-12)29-13(25)8-24-9-20-15-14(24)17(27)23(3)18(28)22(15)2/h4-7,9-10H,8H2,1-3H3,(H,21,26)/t10-/m0/s1. The number of imidazole rings is 1. The molecule has 0 spiro atoms. The zero-order valence-corrected chi connectivity index (χ0v) is 15.9. The van der Waals surface area contributed by atoms with Crippen molar-refractivity contribution in [2.45, 2.75) is 19.6 Å². The summed E-state index contributed by atoms with van der Waals surface area (Å²) in [5.41, 5.74) is -0.593. The third kappa shape index (κ3) is 3.93. The molecule has 3 rings (SSSR count). The summed E-state index contributed by atoms with van der Waals surface area (Å²) in [5.74, 6) is -1.82. The summed E-state index contributed by atoms with van der Waals surface area (Å²) in [4.78, 5) is 52.7. The lowest BCUT2D eigenvalue weighted by Crippen LogP contribution is -2.38. The molecular weight excluding hydrogens is 385 g/mol. The maximum Gasteiger partial charge on any atom is 0.332 e. The van der Waals surface area contributed by atoms with Crippen molar-refractivity contribution in [2.75, 3.05) is 5.32 Å². The number of ether oxygens (including phenoxy) is 1. The minimum Gasteiger partial charge on any atom is -0.451 e. The van der Waals surface area contributed by atoms with Crippen molar-refractivity contribution < 1.29 is 18.7 Å². The number of halogens is 1. The van der Waals surface area contributed by atoms with E-state index in [9.17, 15) is 23.6 Å². The van der Waals surface area contributed by atoms with Gasteiger partial charge in [0, 0.05) is 19.8 Å². The summed E-state index contributed by atoms with van der Waals surface area (Å²) >= 11 is 0. The minimum absolute atomic E-state index is 0.0648. The van der Waals surface area contributed by atoms with Crippen LogP contribution in [0, 0.1) is 5.82 Å². The Morgan fingerprint density at radius 3 is 2.48 bits per heavy atom. The van der Waals surface area contributed by atoms with Crippen molar-refractivity contribution in [1.82, 2.24) is 18.7 Å². The quantitative estimate of drug-likeness (QED) is 0.606. The molecule has 3 aromatic rings. The highest BCUT2D eigenvalue weighted by Crippen LogP contribution is 2.10. The summed E-state index contributed by atoms with van der Waals surface area (Å²) in [6, 6.07) is 5.12. The summed E-state index contributed by atoms with van der Waals surface area (Å²) < 4.78 is 21.4. The first-order chi connectivity index (χ1) is 13.7. The predicted octanol–water partition coefficient (Wildman–Crippen LogP) is 0.143. The van der Waals surface area contributed by atoms with Crippen LogP contribution in [0.4, 0.5) is 10.1 Å². The Morgan fingerprint density at radius 1 is 1.17 bits per heavy atom. The Labute approximate surface area is 163 Å². The van der Waals surface area contributed by atoms with Gasteiger partial charge in [-0.25, -0.2) is 14.2 Å². The first-order valence-electron chi connectivity index (χ1n) is 8.55. The number of carbonyl (C=O) groups is 2. The molecule has 0 aliphatic carbocycles. The number of aryl methyl sites for hydroxylation is 1. The van der Waals surface area contributed by atoms with Gasteiger partial charge < -0.3 is 14.6 Å². The van der Waals surface area contributed by atoms with Crippen LogP contribution in [0.2, 0.25) is 0 Å². The molecule has 2 heterocycles. The second-order valence-electron chi connectivity index (χ2n) is 6.38. The fourth-order valence-electron chi connectivity index (χ4n) is 2.72. The smallest absolute Gasteiger partial charge is 0.332 e. The molecular formula is C18H18FN5O5. The number of nitrogens with zero attached hydrogens (tertiary/aromatic N) is 4. The van der Waals surface area contributed by atoms with E-state index in [-0.39, 0.29) is 17.7 Å². The van der Waals surface area contributed by atoms with E-state index in [4.69, 9.17) is 4.74 Å². The molecule has 0 fully saturated rings. The van der Waals surface area contributed by atoms with Crippen LogP contribution in [-0.2, 0) is 35.0 Å². The first-order valence-corrected chi connectivity index (χ1v) is 8.55. The van der Waals surface area contributed by atoms with E-state index in [2.05, 4.69) is 10.3 Å². The van der Waals surface area contributed by atoms with E-state index in [1.165, 1.54) is 60.7 Å². The van der Waals surface area contributed by atoms with Gasteiger partial charge in [-0.3, -0.25) is 23.5 Å². The summed E-state index contributed by atoms with van der Waals surface area (Å²) in [6.45, 7) is 1.00. The number of hydrogen-bond donors (Lipinski definition) is 1. The molecule has 10 nitrogen and oxygen atoms in total. The Kier molecular flexibility index (Phi) is 5.31. The normalized spacial score (nSPS) is 12.0. The van der Waals surface area contributed by atoms with E-state index < -0.39 is 35.0 Å². The van der Waals surface area contributed by atoms with Crippen LogP contribution in [-0.4, -0.2) is 36.7 Å². The van der Waals surface area contributed by atoms with E-state index in [0.717, 1.165) is 4.57 Å². The molecule has 0 bridgehead atoms. The van der Waals surface area contributed by atoms with E-state index in [1.807, 2.05) is 0 Å². The number of rotatable bonds is 5. The highest BCUT2D eigenvalue weighted by Gasteiger charge is 2.20. The van der Waals surface area contributed by atoms with Crippen molar-refractivity contribution in [3.8, 4) is 0 Å². The van der Waals surface area contributed by atoms with E-state index in [0.29, 0.717) is 5.69 Å². The average Bonchev–Trinajstić information content (AvgIpc) is 3.09. The number of anilines is 1. The predicted molar refractivity (Wildman–Crippen MR) is 101 cm³/mol. The molecule has 1 aromatic carbocycles. The Morgan fingerprint density at radius 2 is 1.83 bits per heavy atom. The van der Waals surface area contributed by atoms with Gasteiger partial charge in [-0.1, -0.05) is 0 Å². The molecule has 0 aliphatic rings. The van der Waals surface area contributed by atoms with Crippen molar-refractivity contribution in [2.24, 2.45) is 14.1 Å². The first kappa shape index (κ1) is 20.0. The summed E-state index contributed by atoms with van der Waals surface area (Å²) in [6.07, 6.45) is 0.116. The Bertz CT molecular complexity index is 1210. The number of nitrogens with one attached hydrogen (secondary N) is 1. The molecule has 0 aliphatic heterocycles. The monoisotopic (exact) mass is 403 g/mol. The molecule has 1 atom stereocenters. The molecule has 2 aromatic heterocycles. The van der Waals surface area contributed by atoms with Gasteiger partial charge in [0.1, 0.15) is 12.4 Å². The minimum atomic E-state index is -1.13. The lowest BCUT2D eigenvalue weighted by molar-refractivity contribution is -0.153. The lowest BCUT2D eigenvalue weighted by Gasteiger charge is -2.14. The van der Waals surface area contributed by atoms with Crippen LogP contribution in [0.25, 0.3) is 11.2 Å². The van der Waals surface area contributed by atoms with Crippen LogP contribution in [0.1, 0.15) is 6.92 Å². The molecule has 1 N–H and O–H groups in total. The number of carbonyl (C=O) groups excluding carboxylic acids is 2. The number of benzene rings is 1. The second-order valence-corrected chi connectivity index (χ2v) is 6.38. The number of esters is 1. The molecule has 1 amide bonds. The zero-order chi connectivity index (χ0) is 21.3. The van der Waals surface area contributed by atoms with Crippen molar-refractivity contribution in [3.63, 3.8) is 0 Å². The van der Waals surface area contributed by atoms with Gasteiger partial charge >= 0.3 is 11.7 Å². The Balaban J connectivity index is 1.72. The largest absolute Gasteiger partial charge is 0.451 e. The summed E-state index contributed by atoms with van der Waals surface area (Å²) in [7, 11) is 2.78. The molecule has 0 saturated heterocycles. The average molecular weight is 403 g/mol. The number of fused-ring (bicyclic) bond motifs is 1. The highest BCUT2D eigenvalue weighted by molar-refractivity contribution is 5.95. The fraction of sp³-hybridized carbons (Fsp3) is 0.278.